The van der Waals surface area contributed by atoms with E-state index in [0.29, 0.717) is 25.8 Å². The lowest BCUT2D eigenvalue weighted by molar-refractivity contribution is -0.126. The third kappa shape index (κ3) is 8.33. The molecule has 0 saturated carbocycles. The molecule has 2 aromatic rings. The minimum atomic E-state index is -0.739. The van der Waals surface area contributed by atoms with Crippen LogP contribution in [0.25, 0.3) is 11.1 Å². The maximum atomic E-state index is 12.5. The molecule has 1 aliphatic rings. The number of unbranched alkanes of at least 4 members (excludes halogenated alkanes) is 1. The summed E-state index contributed by atoms with van der Waals surface area (Å²) in [6.07, 6.45) is 0.350. The minimum absolute atomic E-state index is 0.00753. The Hall–Kier alpha value is -3.88. The highest BCUT2D eigenvalue weighted by Crippen LogP contribution is 2.44. The van der Waals surface area contributed by atoms with E-state index in [2.05, 4.69) is 40.2 Å². The molecule has 3 rings (SSSR count). The molecule has 0 spiro atoms. The fourth-order valence-corrected chi connectivity index (χ4v) is 4.47. The van der Waals surface area contributed by atoms with Crippen molar-refractivity contribution in [2.24, 2.45) is 0 Å². The number of alkyl carbamates (subject to hydrolysis) is 2. The molecule has 9 heteroatoms. The van der Waals surface area contributed by atoms with Gasteiger partial charge < -0.3 is 25.4 Å². The van der Waals surface area contributed by atoms with Crippen LogP contribution in [0, 0.1) is 0 Å². The molecule has 0 unspecified atom stereocenters. The number of ketones is 1. The normalized spacial score (nSPS) is 13.1. The highest BCUT2D eigenvalue weighted by atomic mass is 16.6. The fourth-order valence-electron chi connectivity index (χ4n) is 4.47. The second-order valence-electron chi connectivity index (χ2n) is 10.3. The molecule has 0 heterocycles. The van der Waals surface area contributed by atoms with E-state index in [-0.39, 0.29) is 30.8 Å². The first kappa shape index (κ1) is 28.7. The quantitative estimate of drug-likeness (QED) is 0.378. The van der Waals surface area contributed by atoms with E-state index in [1.165, 1.54) is 18.1 Å². The van der Waals surface area contributed by atoms with Gasteiger partial charge in [-0.2, -0.15) is 0 Å². The minimum Gasteiger partial charge on any atom is -0.449 e. The van der Waals surface area contributed by atoms with Gasteiger partial charge in [-0.3, -0.25) is 9.59 Å². The Morgan fingerprint density at radius 1 is 0.868 bits per heavy atom. The number of rotatable bonds is 11. The number of fused-ring (bicyclic) bond motifs is 3. The Bertz CT molecular complexity index is 1110. The molecule has 0 saturated heterocycles. The third-order valence-electron chi connectivity index (χ3n) is 6.10. The molecule has 1 atom stereocenters. The van der Waals surface area contributed by atoms with Crippen LogP contribution < -0.4 is 16.0 Å². The smallest absolute Gasteiger partial charge is 0.408 e. The van der Waals surface area contributed by atoms with Crippen molar-refractivity contribution in [3.63, 3.8) is 0 Å². The molecular formula is C29H37N3O6. The number of hydrogen-bond acceptors (Lipinski definition) is 6. The van der Waals surface area contributed by atoms with Crippen LogP contribution in [0.5, 0.6) is 0 Å². The van der Waals surface area contributed by atoms with E-state index in [4.69, 9.17) is 9.47 Å². The van der Waals surface area contributed by atoms with Gasteiger partial charge in [-0.05, 0) is 62.3 Å². The topological polar surface area (TPSA) is 123 Å². The van der Waals surface area contributed by atoms with Crippen LogP contribution in [-0.4, -0.2) is 55.2 Å². The van der Waals surface area contributed by atoms with Gasteiger partial charge in [0.1, 0.15) is 12.2 Å². The maximum Gasteiger partial charge on any atom is 0.408 e. The number of Topliss-reactive ketones (excluding diaryl/α,β-unsaturated/α-hetero) is 1. The molecule has 0 bridgehead atoms. The molecule has 1 aliphatic carbocycles. The lowest BCUT2D eigenvalue weighted by atomic mass is 9.98. The van der Waals surface area contributed by atoms with Crippen molar-refractivity contribution < 1.29 is 28.7 Å². The molecule has 9 nitrogen and oxygen atoms in total. The van der Waals surface area contributed by atoms with Gasteiger partial charge in [0.25, 0.3) is 0 Å². The predicted molar refractivity (Wildman–Crippen MR) is 144 cm³/mol. The number of ether oxygens (including phenoxy) is 2. The summed E-state index contributed by atoms with van der Waals surface area (Å²) in [4.78, 5) is 48.2. The van der Waals surface area contributed by atoms with Crippen molar-refractivity contribution in [3.05, 3.63) is 59.7 Å². The van der Waals surface area contributed by atoms with Crippen LogP contribution in [0.1, 0.15) is 64.0 Å². The van der Waals surface area contributed by atoms with Crippen molar-refractivity contribution in [3.8, 4) is 11.1 Å². The Morgan fingerprint density at radius 2 is 1.47 bits per heavy atom. The first-order chi connectivity index (χ1) is 18.0. The predicted octanol–water partition coefficient (Wildman–Crippen LogP) is 4.29. The zero-order valence-electron chi connectivity index (χ0n) is 22.5. The lowest BCUT2D eigenvalue weighted by Gasteiger charge is -2.21. The van der Waals surface area contributed by atoms with E-state index in [0.717, 1.165) is 11.1 Å². The summed E-state index contributed by atoms with van der Waals surface area (Å²) in [5.41, 5.74) is 3.96. The standard InChI is InChI=1S/C29H37N3O6/c1-19(33)32-25(26(34)17-31-28(36)38-29(2,3)4)15-9-10-16-30-27(35)37-18-24-22-13-7-5-11-20(22)21-12-6-8-14-23(21)24/h5-8,11-14,24-25H,9-10,15-18H2,1-4H3,(H,30,35)(H,31,36)(H,32,33)/t25-/m0/s1. The number of nitrogens with one attached hydrogen (secondary N) is 3. The average Bonchev–Trinajstić information content (AvgIpc) is 3.17. The van der Waals surface area contributed by atoms with Gasteiger partial charge in [-0.25, -0.2) is 9.59 Å². The number of benzene rings is 2. The highest BCUT2D eigenvalue weighted by molar-refractivity contribution is 5.91. The molecular weight excluding hydrogens is 486 g/mol. The lowest BCUT2D eigenvalue weighted by Crippen LogP contribution is -2.45. The van der Waals surface area contributed by atoms with Gasteiger partial charge in [0, 0.05) is 19.4 Å². The van der Waals surface area contributed by atoms with Crippen molar-refractivity contribution >= 4 is 23.9 Å². The number of carbonyl (C=O) groups excluding carboxylic acids is 4. The summed E-state index contributed by atoms with van der Waals surface area (Å²) in [5.74, 6) is -0.667. The molecule has 38 heavy (non-hydrogen) atoms. The molecule has 0 aromatic heterocycles. The molecule has 204 valence electrons. The maximum absolute atomic E-state index is 12.5. The monoisotopic (exact) mass is 523 g/mol. The molecule has 3 amide bonds. The largest absolute Gasteiger partial charge is 0.449 e. The second kappa shape index (κ2) is 13.1. The van der Waals surface area contributed by atoms with Gasteiger partial charge in [0.15, 0.2) is 5.78 Å². The Kier molecular flexibility index (Phi) is 9.87. The Balaban J connectivity index is 1.39. The number of hydrogen-bond donors (Lipinski definition) is 3. The van der Waals surface area contributed by atoms with E-state index in [9.17, 15) is 19.2 Å². The van der Waals surface area contributed by atoms with Gasteiger partial charge >= 0.3 is 12.2 Å². The number of amides is 3. The summed E-state index contributed by atoms with van der Waals surface area (Å²) in [6, 6.07) is 15.6. The first-order valence-electron chi connectivity index (χ1n) is 12.9. The van der Waals surface area contributed by atoms with E-state index < -0.39 is 23.8 Å². The highest BCUT2D eigenvalue weighted by Gasteiger charge is 2.29. The van der Waals surface area contributed by atoms with Gasteiger partial charge in [-0.1, -0.05) is 48.5 Å². The van der Waals surface area contributed by atoms with Crippen LogP contribution in [0.2, 0.25) is 0 Å². The molecule has 0 radical (unpaired) electrons. The zero-order valence-corrected chi connectivity index (χ0v) is 22.5. The summed E-state index contributed by atoms with van der Waals surface area (Å²) in [7, 11) is 0. The first-order valence-corrected chi connectivity index (χ1v) is 12.9. The van der Waals surface area contributed by atoms with Crippen molar-refractivity contribution in [2.45, 2.75) is 64.5 Å². The van der Waals surface area contributed by atoms with Crippen LogP contribution in [0.3, 0.4) is 0 Å². The van der Waals surface area contributed by atoms with Crippen molar-refractivity contribution in [2.75, 3.05) is 19.7 Å². The summed E-state index contributed by atoms with van der Waals surface area (Å²) in [5, 5.41) is 7.80. The van der Waals surface area contributed by atoms with Crippen LogP contribution in [-0.2, 0) is 19.1 Å². The van der Waals surface area contributed by atoms with Crippen LogP contribution in [0.4, 0.5) is 9.59 Å². The third-order valence-corrected chi connectivity index (χ3v) is 6.10. The van der Waals surface area contributed by atoms with E-state index >= 15 is 0 Å². The van der Waals surface area contributed by atoms with Gasteiger partial charge in [-0.15, -0.1) is 0 Å². The van der Waals surface area contributed by atoms with Crippen LogP contribution >= 0.6 is 0 Å². The molecule has 0 fully saturated rings. The second-order valence-corrected chi connectivity index (χ2v) is 10.3. The SMILES string of the molecule is CC(=O)N[C@@H](CCCCNC(=O)OCC1c2ccccc2-c2ccccc21)C(=O)CNC(=O)OC(C)(C)C. The Labute approximate surface area is 223 Å². The summed E-state index contributed by atoms with van der Waals surface area (Å²) < 4.78 is 10.7. The van der Waals surface area contributed by atoms with Gasteiger partial charge in [0.2, 0.25) is 5.91 Å². The summed E-state index contributed by atoms with van der Waals surface area (Å²) >= 11 is 0. The fraction of sp³-hybridized carbons (Fsp3) is 0.448. The number of carbonyl (C=O) groups is 4. The van der Waals surface area contributed by atoms with Crippen molar-refractivity contribution in [1.29, 1.82) is 0 Å². The summed E-state index contributed by atoms with van der Waals surface area (Å²) in [6.45, 7) is 6.87. The molecule has 2 aromatic carbocycles. The Morgan fingerprint density at radius 3 is 2.05 bits per heavy atom. The van der Waals surface area contributed by atoms with Gasteiger partial charge in [0.05, 0.1) is 12.6 Å². The zero-order chi connectivity index (χ0) is 27.7. The molecule has 0 aliphatic heterocycles. The van der Waals surface area contributed by atoms with Crippen molar-refractivity contribution in [1.82, 2.24) is 16.0 Å². The van der Waals surface area contributed by atoms with E-state index in [1.54, 1.807) is 20.8 Å². The molecule has 3 N–H and O–H groups in total. The average molecular weight is 524 g/mol. The van der Waals surface area contributed by atoms with E-state index in [1.807, 2.05) is 24.3 Å². The van der Waals surface area contributed by atoms with Crippen LogP contribution in [0.15, 0.2) is 48.5 Å².